The minimum atomic E-state index is -0.195. The van der Waals surface area contributed by atoms with E-state index in [0.717, 1.165) is 0 Å². The molecule has 0 saturated heterocycles. The summed E-state index contributed by atoms with van der Waals surface area (Å²) >= 11 is 0. The van der Waals surface area contributed by atoms with Crippen molar-refractivity contribution in [2.45, 2.75) is 32.7 Å². The van der Waals surface area contributed by atoms with Crippen LogP contribution in [0.3, 0.4) is 0 Å². The number of carbonyl (C=O) groups excluding carboxylic acids is 1. The van der Waals surface area contributed by atoms with Crippen LogP contribution in [-0.2, 0) is 11.2 Å². The number of rotatable bonds is 7. The molecule has 1 rings (SSSR count). The first kappa shape index (κ1) is 18.9. The molecule has 0 aromatic heterocycles. The smallest absolute Gasteiger partial charge is 0.222 e. The molecule has 114 valence electrons. The zero-order valence-corrected chi connectivity index (χ0v) is 13.1. The summed E-state index contributed by atoms with van der Waals surface area (Å²) < 4.78 is 13.4. The van der Waals surface area contributed by atoms with Crippen molar-refractivity contribution in [2.24, 2.45) is 5.92 Å². The number of carbonyl (C=O) groups is 1. The second kappa shape index (κ2) is 9.72. The Kier molecular flexibility index (Phi) is 9.17. The number of likely N-dealkylation sites (N-methyl/N-ethyl adjacent to an activating group) is 1. The predicted molar refractivity (Wildman–Crippen MR) is 82.7 cm³/mol. The maximum absolute atomic E-state index is 13.4. The van der Waals surface area contributed by atoms with Gasteiger partial charge in [-0.05, 0) is 38.4 Å². The summed E-state index contributed by atoms with van der Waals surface area (Å²) in [6, 6.07) is 6.96. The van der Waals surface area contributed by atoms with Gasteiger partial charge in [-0.15, -0.1) is 12.4 Å². The van der Waals surface area contributed by atoms with E-state index in [1.165, 1.54) is 6.07 Å². The quantitative estimate of drug-likeness (QED) is 0.813. The number of amides is 1. The summed E-state index contributed by atoms with van der Waals surface area (Å²) in [7, 11) is 1.86. The van der Waals surface area contributed by atoms with Crippen LogP contribution < -0.4 is 10.6 Å². The van der Waals surface area contributed by atoms with Crippen molar-refractivity contribution in [2.75, 3.05) is 13.6 Å². The van der Waals surface area contributed by atoms with Gasteiger partial charge in [0.05, 0.1) is 0 Å². The molecule has 0 radical (unpaired) electrons. The third-order valence-electron chi connectivity index (χ3n) is 3.33. The predicted octanol–water partition coefficient (Wildman–Crippen LogP) is 2.54. The number of halogens is 2. The molecule has 5 heteroatoms. The Balaban J connectivity index is 0.00000361. The first-order valence-electron chi connectivity index (χ1n) is 6.73. The molecule has 0 spiro atoms. The van der Waals surface area contributed by atoms with Crippen molar-refractivity contribution in [1.82, 2.24) is 10.6 Å². The van der Waals surface area contributed by atoms with Gasteiger partial charge < -0.3 is 10.6 Å². The van der Waals surface area contributed by atoms with E-state index in [1.807, 2.05) is 27.0 Å². The lowest BCUT2D eigenvalue weighted by atomic mass is 10.00. The van der Waals surface area contributed by atoms with Gasteiger partial charge >= 0.3 is 0 Å². The molecular weight excluding hydrogens is 279 g/mol. The Hall–Kier alpha value is -1.13. The van der Waals surface area contributed by atoms with Gasteiger partial charge in [0, 0.05) is 18.5 Å². The van der Waals surface area contributed by atoms with E-state index in [4.69, 9.17) is 0 Å². The number of aryl methyl sites for hydroxylation is 1. The van der Waals surface area contributed by atoms with E-state index in [1.54, 1.807) is 12.1 Å². The van der Waals surface area contributed by atoms with Crippen LogP contribution in [0.2, 0.25) is 0 Å². The van der Waals surface area contributed by atoms with Crippen molar-refractivity contribution < 1.29 is 9.18 Å². The van der Waals surface area contributed by atoms with Crippen molar-refractivity contribution in [3.05, 3.63) is 35.6 Å². The summed E-state index contributed by atoms with van der Waals surface area (Å²) in [6.45, 7) is 4.49. The standard InChI is InChI=1S/C15H23FN2O.ClH/c1-11(15(19)18-10-12(2)17-3)8-9-13-6-4-5-7-14(13)16;/h4-7,11-12,17H,8-10H2,1-3H3,(H,18,19);1H. The highest BCUT2D eigenvalue weighted by atomic mass is 35.5. The van der Waals surface area contributed by atoms with E-state index in [-0.39, 0.29) is 36.1 Å². The maximum Gasteiger partial charge on any atom is 0.222 e. The third kappa shape index (κ3) is 6.35. The first-order valence-corrected chi connectivity index (χ1v) is 6.73. The van der Waals surface area contributed by atoms with Gasteiger partial charge in [-0.1, -0.05) is 25.1 Å². The fourth-order valence-corrected chi connectivity index (χ4v) is 1.73. The largest absolute Gasteiger partial charge is 0.354 e. The summed E-state index contributed by atoms with van der Waals surface area (Å²) in [5, 5.41) is 5.95. The van der Waals surface area contributed by atoms with Crippen LogP contribution in [0.5, 0.6) is 0 Å². The molecule has 2 atom stereocenters. The molecular formula is C15H24ClFN2O. The number of hydrogen-bond acceptors (Lipinski definition) is 2. The molecule has 20 heavy (non-hydrogen) atoms. The van der Waals surface area contributed by atoms with Gasteiger partial charge in [-0.2, -0.15) is 0 Å². The monoisotopic (exact) mass is 302 g/mol. The summed E-state index contributed by atoms with van der Waals surface area (Å²) in [5.41, 5.74) is 0.672. The third-order valence-corrected chi connectivity index (χ3v) is 3.33. The van der Waals surface area contributed by atoms with E-state index < -0.39 is 0 Å². The molecule has 0 saturated carbocycles. The number of hydrogen-bond donors (Lipinski definition) is 2. The SMILES string of the molecule is CNC(C)CNC(=O)C(C)CCc1ccccc1F.Cl. The molecule has 2 unspecified atom stereocenters. The van der Waals surface area contributed by atoms with Crippen molar-refractivity contribution in [3.63, 3.8) is 0 Å². The number of benzene rings is 1. The Morgan fingerprint density at radius 2 is 1.95 bits per heavy atom. The Morgan fingerprint density at radius 1 is 1.30 bits per heavy atom. The van der Waals surface area contributed by atoms with Crippen molar-refractivity contribution in [1.29, 1.82) is 0 Å². The molecule has 0 aliphatic heterocycles. The molecule has 0 aliphatic carbocycles. The van der Waals surface area contributed by atoms with E-state index >= 15 is 0 Å². The normalized spacial score (nSPS) is 13.2. The molecule has 1 amide bonds. The first-order chi connectivity index (χ1) is 9.04. The number of nitrogens with one attached hydrogen (secondary N) is 2. The van der Waals surface area contributed by atoms with Gasteiger partial charge in [0.15, 0.2) is 0 Å². The lowest BCUT2D eigenvalue weighted by Crippen LogP contribution is -2.39. The molecule has 2 N–H and O–H groups in total. The average Bonchev–Trinajstić information content (AvgIpc) is 2.43. The topological polar surface area (TPSA) is 41.1 Å². The molecule has 0 heterocycles. The Labute approximate surface area is 126 Å². The fraction of sp³-hybridized carbons (Fsp3) is 0.533. The van der Waals surface area contributed by atoms with E-state index in [0.29, 0.717) is 24.9 Å². The van der Waals surface area contributed by atoms with Gasteiger partial charge in [-0.25, -0.2) is 4.39 Å². The summed E-state index contributed by atoms with van der Waals surface area (Å²) in [4.78, 5) is 11.8. The average molecular weight is 303 g/mol. The highest BCUT2D eigenvalue weighted by Crippen LogP contribution is 2.13. The zero-order valence-electron chi connectivity index (χ0n) is 12.3. The second-order valence-corrected chi connectivity index (χ2v) is 4.97. The van der Waals surface area contributed by atoms with Crippen molar-refractivity contribution in [3.8, 4) is 0 Å². The van der Waals surface area contributed by atoms with Crippen LogP contribution in [0, 0.1) is 11.7 Å². The second-order valence-electron chi connectivity index (χ2n) is 4.97. The maximum atomic E-state index is 13.4. The Morgan fingerprint density at radius 3 is 2.55 bits per heavy atom. The van der Waals surface area contributed by atoms with Crippen LogP contribution in [0.15, 0.2) is 24.3 Å². The lowest BCUT2D eigenvalue weighted by molar-refractivity contribution is -0.124. The molecule has 3 nitrogen and oxygen atoms in total. The van der Waals surface area contributed by atoms with E-state index in [9.17, 15) is 9.18 Å². The minimum Gasteiger partial charge on any atom is -0.354 e. The van der Waals surface area contributed by atoms with Crippen LogP contribution in [0.25, 0.3) is 0 Å². The molecule has 1 aromatic carbocycles. The minimum absolute atomic E-state index is 0. The summed E-state index contributed by atoms with van der Waals surface area (Å²) in [6.07, 6.45) is 1.24. The lowest BCUT2D eigenvalue weighted by Gasteiger charge is -2.15. The van der Waals surface area contributed by atoms with Gasteiger partial charge in [0.1, 0.15) is 5.82 Å². The zero-order chi connectivity index (χ0) is 14.3. The van der Waals surface area contributed by atoms with Crippen LogP contribution in [-0.4, -0.2) is 25.5 Å². The van der Waals surface area contributed by atoms with Crippen LogP contribution in [0.1, 0.15) is 25.8 Å². The van der Waals surface area contributed by atoms with Crippen LogP contribution >= 0.6 is 12.4 Å². The van der Waals surface area contributed by atoms with Gasteiger partial charge in [0.25, 0.3) is 0 Å². The van der Waals surface area contributed by atoms with E-state index in [2.05, 4.69) is 10.6 Å². The Bertz CT molecular complexity index is 415. The fourth-order valence-electron chi connectivity index (χ4n) is 1.73. The molecule has 0 aliphatic rings. The highest BCUT2D eigenvalue weighted by Gasteiger charge is 2.14. The van der Waals surface area contributed by atoms with Crippen molar-refractivity contribution >= 4 is 18.3 Å². The van der Waals surface area contributed by atoms with Gasteiger partial charge in [-0.3, -0.25) is 4.79 Å². The highest BCUT2D eigenvalue weighted by molar-refractivity contribution is 5.85. The molecule has 0 bridgehead atoms. The summed E-state index contributed by atoms with van der Waals surface area (Å²) in [5.74, 6) is -0.277. The molecule has 1 aromatic rings. The molecule has 0 fully saturated rings. The van der Waals surface area contributed by atoms with Gasteiger partial charge in [0.2, 0.25) is 5.91 Å². The van der Waals surface area contributed by atoms with Crippen LogP contribution in [0.4, 0.5) is 4.39 Å².